The highest BCUT2D eigenvalue weighted by atomic mass is 32.2. The number of sulfone groups is 1. The van der Waals surface area contributed by atoms with Gasteiger partial charge in [0.25, 0.3) is 0 Å². The van der Waals surface area contributed by atoms with Crippen LogP contribution in [0.1, 0.15) is 26.7 Å². The number of nitrogens with zero attached hydrogens (tertiary/aromatic N) is 1. The maximum Gasteiger partial charge on any atom is 0.243 e. The molecule has 5 nitrogen and oxygen atoms in total. The van der Waals surface area contributed by atoms with Gasteiger partial charge in [-0.05, 0) is 36.5 Å². The van der Waals surface area contributed by atoms with Crippen LogP contribution in [0.3, 0.4) is 0 Å². The Balaban J connectivity index is 2.41. The van der Waals surface area contributed by atoms with Crippen LogP contribution in [-0.2, 0) is 19.9 Å². The van der Waals surface area contributed by atoms with Crippen molar-refractivity contribution in [1.82, 2.24) is 4.31 Å². The molecule has 1 aromatic carbocycles. The summed E-state index contributed by atoms with van der Waals surface area (Å²) < 4.78 is 50.0. The van der Waals surface area contributed by atoms with Gasteiger partial charge in [-0.25, -0.2) is 16.8 Å². The molecule has 118 valence electrons. The first kappa shape index (κ1) is 16.5. The van der Waals surface area contributed by atoms with Gasteiger partial charge >= 0.3 is 0 Å². The second kappa shape index (κ2) is 5.37. The van der Waals surface area contributed by atoms with Gasteiger partial charge < -0.3 is 0 Å². The summed E-state index contributed by atoms with van der Waals surface area (Å²) in [4.78, 5) is 0.0722. The van der Waals surface area contributed by atoms with Gasteiger partial charge in [-0.1, -0.05) is 19.9 Å². The lowest BCUT2D eigenvalue weighted by molar-refractivity contribution is 0.187. The third-order valence-electron chi connectivity index (χ3n) is 3.74. The summed E-state index contributed by atoms with van der Waals surface area (Å²) in [5.41, 5.74) is -0.0558. The minimum atomic E-state index is -3.65. The first-order chi connectivity index (χ1) is 9.52. The molecule has 1 heterocycles. The van der Waals surface area contributed by atoms with Crippen molar-refractivity contribution in [2.75, 3.05) is 19.3 Å². The molecule has 0 saturated carbocycles. The van der Waals surface area contributed by atoms with Crippen molar-refractivity contribution in [1.29, 1.82) is 0 Å². The van der Waals surface area contributed by atoms with E-state index < -0.39 is 19.9 Å². The molecule has 0 radical (unpaired) electrons. The van der Waals surface area contributed by atoms with Crippen LogP contribution < -0.4 is 0 Å². The molecule has 0 aliphatic carbocycles. The zero-order valence-electron chi connectivity index (χ0n) is 12.5. The van der Waals surface area contributed by atoms with E-state index in [2.05, 4.69) is 0 Å². The largest absolute Gasteiger partial charge is 0.243 e. The van der Waals surface area contributed by atoms with Gasteiger partial charge in [-0.2, -0.15) is 4.31 Å². The molecule has 21 heavy (non-hydrogen) atoms. The molecule has 1 saturated heterocycles. The summed E-state index contributed by atoms with van der Waals surface area (Å²) >= 11 is 0. The summed E-state index contributed by atoms with van der Waals surface area (Å²) in [5, 5.41) is 0. The Morgan fingerprint density at radius 3 is 2.29 bits per heavy atom. The second-order valence-electron chi connectivity index (χ2n) is 6.35. The zero-order chi connectivity index (χ0) is 15.9. The fraction of sp³-hybridized carbons (Fsp3) is 0.571. The molecule has 0 aromatic heterocycles. The van der Waals surface area contributed by atoms with Crippen LogP contribution in [0.25, 0.3) is 0 Å². The molecule has 1 aliphatic heterocycles. The molecular weight excluding hydrogens is 310 g/mol. The molecule has 0 amide bonds. The molecule has 1 aromatic rings. The predicted molar refractivity (Wildman–Crippen MR) is 81.3 cm³/mol. The molecule has 7 heteroatoms. The van der Waals surface area contributed by atoms with E-state index in [0.717, 1.165) is 19.1 Å². The molecule has 1 fully saturated rings. The number of hydrogen-bond acceptors (Lipinski definition) is 4. The number of hydrogen-bond donors (Lipinski definition) is 0. The van der Waals surface area contributed by atoms with Crippen molar-refractivity contribution in [3.05, 3.63) is 24.3 Å². The highest BCUT2D eigenvalue weighted by molar-refractivity contribution is 7.91. The van der Waals surface area contributed by atoms with Gasteiger partial charge in [-0.15, -0.1) is 0 Å². The Hall–Kier alpha value is -0.920. The number of benzene rings is 1. The smallest absolute Gasteiger partial charge is 0.224 e. The first-order valence-electron chi connectivity index (χ1n) is 6.83. The maximum absolute atomic E-state index is 12.7. The normalized spacial score (nSPS) is 20.3. The van der Waals surface area contributed by atoms with E-state index in [1.165, 1.54) is 28.6 Å². The topological polar surface area (TPSA) is 71.5 Å². The molecule has 0 N–H and O–H groups in total. The third-order valence-corrected chi connectivity index (χ3v) is 6.69. The number of sulfonamides is 1. The lowest BCUT2D eigenvalue weighted by Gasteiger charge is -2.37. The Morgan fingerprint density at radius 1 is 1.10 bits per heavy atom. The van der Waals surface area contributed by atoms with Crippen LogP contribution in [0.4, 0.5) is 0 Å². The molecule has 0 spiro atoms. The van der Waals surface area contributed by atoms with Crippen molar-refractivity contribution in [2.24, 2.45) is 5.41 Å². The van der Waals surface area contributed by atoms with Gasteiger partial charge in [0, 0.05) is 19.3 Å². The zero-order valence-corrected chi connectivity index (χ0v) is 14.2. The molecular formula is C14H21NO4S2. The van der Waals surface area contributed by atoms with E-state index in [0.29, 0.717) is 13.1 Å². The van der Waals surface area contributed by atoms with Crippen LogP contribution in [0.5, 0.6) is 0 Å². The molecule has 0 bridgehead atoms. The van der Waals surface area contributed by atoms with Crippen molar-refractivity contribution in [3.63, 3.8) is 0 Å². The Morgan fingerprint density at radius 2 is 1.71 bits per heavy atom. The maximum atomic E-state index is 12.7. The minimum absolute atomic E-state index is 0.0276. The van der Waals surface area contributed by atoms with Gasteiger partial charge in [0.1, 0.15) is 0 Å². The second-order valence-corrected chi connectivity index (χ2v) is 10.3. The summed E-state index contributed by atoms with van der Waals surface area (Å²) in [5.74, 6) is 0. The van der Waals surface area contributed by atoms with E-state index >= 15 is 0 Å². The Bertz CT molecular complexity index is 736. The predicted octanol–water partition coefficient (Wildman–Crippen LogP) is 1.90. The van der Waals surface area contributed by atoms with Crippen molar-refractivity contribution in [2.45, 2.75) is 36.5 Å². The van der Waals surface area contributed by atoms with Crippen molar-refractivity contribution >= 4 is 19.9 Å². The monoisotopic (exact) mass is 331 g/mol. The first-order valence-corrected chi connectivity index (χ1v) is 10.2. The molecule has 0 unspecified atom stereocenters. The summed E-state index contributed by atoms with van der Waals surface area (Å²) in [6.07, 6.45) is 2.88. The molecule has 2 rings (SSSR count). The standard InChI is InChI=1S/C14H21NO4S2/c1-14(2)8-5-9-15(11-14)21(18,19)13-7-4-6-12(10-13)20(3,16)17/h4,6-7,10H,5,8-9,11H2,1-3H3. The summed E-state index contributed by atoms with van der Waals surface area (Å²) in [6, 6.07) is 5.57. The van der Waals surface area contributed by atoms with Gasteiger partial charge in [0.2, 0.25) is 10.0 Å². The van der Waals surface area contributed by atoms with Crippen LogP contribution in [0, 0.1) is 5.41 Å². The van der Waals surface area contributed by atoms with E-state index in [1.54, 1.807) is 0 Å². The minimum Gasteiger partial charge on any atom is -0.224 e. The van der Waals surface area contributed by atoms with Gasteiger partial charge in [0.05, 0.1) is 9.79 Å². The van der Waals surface area contributed by atoms with Gasteiger partial charge in [0.15, 0.2) is 9.84 Å². The van der Waals surface area contributed by atoms with E-state index in [4.69, 9.17) is 0 Å². The average molecular weight is 331 g/mol. The number of piperidine rings is 1. The fourth-order valence-electron chi connectivity index (χ4n) is 2.59. The highest BCUT2D eigenvalue weighted by Crippen LogP contribution is 2.32. The lowest BCUT2D eigenvalue weighted by atomic mass is 9.85. The van der Waals surface area contributed by atoms with Gasteiger partial charge in [-0.3, -0.25) is 0 Å². The average Bonchev–Trinajstić information content (AvgIpc) is 2.36. The highest BCUT2D eigenvalue weighted by Gasteiger charge is 2.34. The fourth-order valence-corrected chi connectivity index (χ4v) is 5.04. The Kier molecular flexibility index (Phi) is 4.21. The van der Waals surface area contributed by atoms with Crippen LogP contribution >= 0.6 is 0 Å². The van der Waals surface area contributed by atoms with Crippen molar-refractivity contribution in [3.8, 4) is 0 Å². The Labute approximate surface area is 126 Å². The van der Waals surface area contributed by atoms with E-state index in [-0.39, 0.29) is 15.2 Å². The molecule has 0 atom stereocenters. The lowest BCUT2D eigenvalue weighted by Crippen LogP contribution is -2.43. The SMILES string of the molecule is CC1(C)CCCN(S(=O)(=O)c2cccc(S(C)(=O)=O)c2)C1. The van der Waals surface area contributed by atoms with Crippen LogP contribution in [0.15, 0.2) is 34.1 Å². The summed E-state index contributed by atoms with van der Waals surface area (Å²) in [6.45, 7) is 5.02. The van der Waals surface area contributed by atoms with Crippen molar-refractivity contribution < 1.29 is 16.8 Å². The molecule has 1 aliphatic rings. The quantitative estimate of drug-likeness (QED) is 0.848. The van der Waals surface area contributed by atoms with Crippen LogP contribution in [-0.4, -0.2) is 40.5 Å². The van der Waals surface area contributed by atoms with E-state index in [9.17, 15) is 16.8 Å². The third kappa shape index (κ3) is 3.64. The number of rotatable bonds is 3. The van der Waals surface area contributed by atoms with E-state index in [1.807, 2.05) is 13.8 Å². The summed E-state index contributed by atoms with van der Waals surface area (Å²) in [7, 11) is -7.07. The van der Waals surface area contributed by atoms with Crippen LogP contribution in [0.2, 0.25) is 0 Å².